The van der Waals surface area contributed by atoms with Gasteiger partial charge < -0.3 is 24.3 Å². The summed E-state index contributed by atoms with van der Waals surface area (Å²) in [4.78, 5) is 35.3. The molecule has 2 aromatic carbocycles. The Morgan fingerprint density at radius 1 is 1.11 bits per heavy atom. The SMILES string of the molecule is COc1ccc(NC(=O)COC(=O)C(NS(=O)(=O)c2ccc3c(c2)OCCO3)C(C)C)c([N+](=O)[O-])c1. The van der Waals surface area contributed by atoms with Crippen LogP contribution in [0.3, 0.4) is 0 Å². The average molecular weight is 524 g/mol. The Hall–Kier alpha value is -3.91. The zero-order chi connectivity index (χ0) is 26.5. The number of ether oxygens (including phenoxy) is 4. The summed E-state index contributed by atoms with van der Waals surface area (Å²) in [5.41, 5.74) is -0.539. The summed E-state index contributed by atoms with van der Waals surface area (Å²) in [5, 5.41) is 13.6. The maximum Gasteiger partial charge on any atom is 0.324 e. The van der Waals surface area contributed by atoms with E-state index in [1.165, 1.54) is 37.4 Å². The molecule has 0 fully saturated rings. The Labute approximate surface area is 206 Å². The molecule has 1 atom stereocenters. The molecule has 3 rings (SSSR count). The highest BCUT2D eigenvalue weighted by Crippen LogP contribution is 2.32. The number of nitrogens with zero attached hydrogens (tertiary/aromatic N) is 1. The molecule has 1 unspecified atom stereocenters. The van der Waals surface area contributed by atoms with Gasteiger partial charge in [-0.05, 0) is 30.2 Å². The number of nitrogens with one attached hydrogen (secondary N) is 2. The van der Waals surface area contributed by atoms with Crippen LogP contribution < -0.4 is 24.2 Å². The van der Waals surface area contributed by atoms with Gasteiger partial charge in [0.05, 0.1) is 23.0 Å². The number of amides is 1. The lowest BCUT2D eigenvalue weighted by molar-refractivity contribution is -0.384. The third kappa shape index (κ3) is 6.40. The van der Waals surface area contributed by atoms with Gasteiger partial charge in [-0.2, -0.15) is 4.72 Å². The van der Waals surface area contributed by atoms with Crippen LogP contribution in [0.2, 0.25) is 0 Å². The smallest absolute Gasteiger partial charge is 0.324 e. The highest BCUT2D eigenvalue weighted by Gasteiger charge is 2.31. The number of rotatable bonds is 10. The quantitative estimate of drug-likeness (QED) is 0.266. The van der Waals surface area contributed by atoms with Crippen LogP contribution in [0.4, 0.5) is 11.4 Å². The number of sulfonamides is 1. The predicted octanol–water partition coefficient (Wildman–Crippen LogP) is 1.86. The van der Waals surface area contributed by atoms with Crippen LogP contribution in [0.5, 0.6) is 17.2 Å². The molecular formula is C22H25N3O10S. The minimum absolute atomic E-state index is 0.124. The second-order valence-corrected chi connectivity index (χ2v) is 9.66. The van der Waals surface area contributed by atoms with Gasteiger partial charge in [0.2, 0.25) is 10.0 Å². The second kappa shape index (κ2) is 11.2. The fourth-order valence-corrected chi connectivity index (χ4v) is 4.54. The van der Waals surface area contributed by atoms with E-state index in [2.05, 4.69) is 10.0 Å². The lowest BCUT2D eigenvalue weighted by Crippen LogP contribution is -2.45. The standard InChI is InChI=1S/C22H25N3O10S/c1-13(2)21(24-36(30,31)15-5-7-18-19(11-15)34-9-8-33-18)22(27)35-12-20(26)23-16-6-4-14(32-3)10-17(16)25(28)29/h4-7,10-11,13,21,24H,8-9,12H2,1-3H3,(H,23,26). The number of nitro groups is 1. The van der Waals surface area contributed by atoms with E-state index >= 15 is 0 Å². The van der Waals surface area contributed by atoms with Gasteiger partial charge in [0.25, 0.3) is 11.6 Å². The maximum absolute atomic E-state index is 12.9. The molecule has 194 valence electrons. The first kappa shape index (κ1) is 26.7. The number of nitro benzene ring substituents is 1. The van der Waals surface area contributed by atoms with E-state index in [1.807, 2.05) is 0 Å². The Kier molecular flexibility index (Phi) is 8.32. The Balaban J connectivity index is 1.66. The van der Waals surface area contributed by atoms with Crippen molar-refractivity contribution in [1.82, 2.24) is 4.72 Å². The predicted molar refractivity (Wildman–Crippen MR) is 126 cm³/mol. The molecule has 0 spiro atoms. The van der Waals surface area contributed by atoms with E-state index in [9.17, 15) is 28.1 Å². The van der Waals surface area contributed by atoms with Crippen molar-refractivity contribution in [2.24, 2.45) is 5.92 Å². The number of fused-ring (bicyclic) bond motifs is 1. The minimum Gasteiger partial charge on any atom is -0.496 e. The molecule has 36 heavy (non-hydrogen) atoms. The Bertz CT molecular complexity index is 1260. The van der Waals surface area contributed by atoms with Gasteiger partial charge >= 0.3 is 5.97 Å². The van der Waals surface area contributed by atoms with E-state index < -0.39 is 51.1 Å². The summed E-state index contributed by atoms with van der Waals surface area (Å²) in [6.45, 7) is 3.01. The summed E-state index contributed by atoms with van der Waals surface area (Å²) in [7, 11) is -2.83. The molecule has 1 aliphatic heterocycles. The van der Waals surface area contributed by atoms with Crippen LogP contribution in [0.25, 0.3) is 0 Å². The van der Waals surface area contributed by atoms with Crippen molar-refractivity contribution in [2.75, 3.05) is 32.2 Å². The molecule has 2 aromatic rings. The van der Waals surface area contributed by atoms with Crippen LogP contribution in [0, 0.1) is 16.0 Å². The third-order valence-corrected chi connectivity index (χ3v) is 6.49. The first-order valence-electron chi connectivity index (χ1n) is 10.7. The largest absolute Gasteiger partial charge is 0.496 e. The first-order valence-corrected chi connectivity index (χ1v) is 12.2. The van der Waals surface area contributed by atoms with Crippen molar-refractivity contribution >= 4 is 33.3 Å². The van der Waals surface area contributed by atoms with Crippen molar-refractivity contribution in [3.8, 4) is 17.2 Å². The lowest BCUT2D eigenvalue weighted by Gasteiger charge is -2.22. The van der Waals surface area contributed by atoms with Gasteiger partial charge in [-0.3, -0.25) is 19.7 Å². The number of hydrogen-bond acceptors (Lipinski definition) is 10. The third-order valence-electron chi connectivity index (χ3n) is 5.05. The molecular weight excluding hydrogens is 498 g/mol. The van der Waals surface area contributed by atoms with E-state index in [-0.39, 0.29) is 28.7 Å². The fourth-order valence-electron chi connectivity index (χ4n) is 3.19. The van der Waals surface area contributed by atoms with E-state index in [0.717, 1.165) is 6.07 Å². The van der Waals surface area contributed by atoms with Crippen molar-refractivity contribution in [1.29, 1.82) is 0 Å². The molecule has 0 bridgehead atoms. The molecule has 14 heteroatoms. The Morgan fingerprint density at radius 3 is 2.44 bits per heavy atom. The molecule has 1 aliphatic rings. The van der Waals surface area contributed by atoms with Crippen LogP contribution in [0.15, 0.2) is 41.3 Å². The first-order chi connectivity index (χ1) is 17.0. The van der Waals surface area contributed by atoms with E-state index in [4.69, 9.17) is 18.9 Å². The van der Waals surface area contributed by atoms with Crippen molar-refractivity contribution in [3.05, 3.63) is 46.5 Å². The summed E-state index contributed by atoms with van der Waals surface area (Å²) in [6.07, 6.45) is 0. The van der Waals surface area contributed by atoms with Crippen molar-refractivity contribution < 1.29 is 41.9 Å². The number of anilines is 1. The van der Waals surface area contributed by atoms with Gasteiger partial charge in [-0.15, -0.1) is 0 Å². The molecule has 2 N–H and O–H groups in total. The maximum atomic E-state index is 12.9. The number of carbonyl (C=O) groups excluding carboxylic acids is 2. The number of methoxy groups -OCH3 is 1. The number of hydrogen-bond donors (Lipinski definition) is 2. The van der Waals surface area contributed by atoms with Gasteiger partial charge in [0.1, 0.15) is 30.7 Å². The van der Waals surface area contributed by atoms with Gasteiger partial charge in [0.15, 0.2) is 18.1 Å². The molecule has 0 radical (unpaired) electrons. The second-order valence-electron chi connectivity index (χ2n) is 7.94. The molecule has 0 saturated carbocycles. The molecule has 1 amide bonds. The van der Waals surface area contributed by atoms with Crippen LogP contribution >= 0.6 is 0 Å². The monoisotopic (exact) mass is 523 g/mol. The zero-order valence-corrected chi connectivity index (χ0v) is 20.5. The van der Waals surface area contributed by atoms with Crippen LogP contribution in [-0.4, -0.2) is 58.2 Å². The molecule has 0 saturated heterocycles. The molecule has 0 aliphatic carbocycles. The normalized spacial score (nSPS) is 13.6. The minimum atomic E-state index is -4.17. The number of benzene rings is 2. The van der Waals surface area contributed by atoms with Gasteiger partial charge in [-0.25, -0.2) is 8.42 Å². The van der Waals surface area contributed by atoms with Crippen molar-refractivity contribution in [3.63, 3.8) is 0 Å². The van der Waals surface area contributed by atoms with Crippen LogP contribution in [0.1, 0.15) is 13.8 Å². The Morgan fingerprint density at radius 2 is 1.81 bits per heavy atom. The zero-order valence-electron chi connectivity index (χ0n) is 19.7. The molecule has 1 heterocycles. The molecule has 0 aromatic heterocycles. The molecule has 13 nitrogen and oxygen atoms in total. The fraction of sp³-hybridized carbons (Fsp3) is 0.364. The summed E-state index contributed by atoms with van der Waals surface area (Å²) < 4.78 is 48.8. The summed E-state index contributed by atoms with van der Waals surface area (Å²) in [5.74, 6) is -1.49. The average Bonchev–Trinajstić information content (AvgIpc) is 2.85. The number of carbonyl (C=O) groups is 2. The van der Waals surface area contributed by atoms with Crippen molar-refractivity contribution in [2.45, 2.75) is 24.8 Å². The topological polar surface area (TPSA) is 172 Å². The van der Waals surface area contributed by atoms with Gasteiger partial charge in [0, 0.05) is 6.07 Å². The van der Waals surface area contributed by atoms with Crippen LogP contribution in [-0.2, 0) is 24.3 Å². The summed E-state index contributed by atoms with van der Waals surface area (Å²) in [6, 6.07) is 6.55. The number of esters is 1. The van der Waals surface area contributed by atoms with E-state index in [0.29, 0.717) is 12.4 Å². The van der Waals surface area contributed by atoms with E-state index in [1.54, 1.807) is 13.8 Å². The highest BCUT2D eigenvalue weighted by atomic mass is 32.2. The highest BCUT2D eigenvalue weighted by molar-refractivity contribution is 7.89. The summed E-state index contributed by atoms with van der Waals surface area (Å²) >= 11 is 0. The van der Waals surface area contributed by atoms with Gasteiger partial charge in [-0.1, -0.05) is 13.8 Å². The lowest BCUT2D eigenvalue weighted by atomic mass is 10.1.